The number of benzene rings is 2. The van der Waals surface area contributed by atoms with E-state index in [1.165, 1.54) is 24.5 Å². The van der Waals surface area contributed by atoms with E-state index in [0.717, 1.165) is 57.3 Å². The highest BCUT2D eigenvalue weighted by atomic mass is 32.1. The number of halogens is 1. The molecule has 0 radical (unpaired) electrons. The molecule has 5 aromatic rings. The predicted molar refractivity (Wildman–Crippen MR) is 282 cm³/mol. The minimum absolute atomic E-state index is 0.138. The van der Waals surface area contributed by atoms with Gasteiger partial charge in [0.25, 0.3) is 0 Å². The lowest BCUT2D eigenvalue weighted by Gasteiger charge is -2.26. The Balaban J connectivity index is 1.35. The molecular formula is C51H72FN9O6S2Si. The lowest BCUT2D eigenvalue weighted by atomic mass is 10.2. The molecule has 0 aliphatic carbocycles. The van der Waals surface area contributed by atoms with Crippen molar-refractivity contribution in [2.45, 2.75) is 97.8 Å². The van der Waals surface area contributed by atoms with Crippen molar-refractivity contribution >= 4 is 69.8 Å². The SMILES string of the molecule is COC(=O)c1nc(N(CCCCCN(C)CCN(C)C(=O)OC(C)(C)C)c2cc(C)c(/N=c3\sc4ccccc4n3COCC[Si](C)(C)C)nn2)sc1CCCOc1ccc(C#CCN(C)C)cc1F. The van der Waals surface area contributed by atoms with Crippen LogP contribution < -0.4 is 14.4 Å². The smallest absolute Gasteiger partial charge is 0.410 e. The molecule has 0 spiro atoms. The standard InChI is InChI=1S/C51H72FN9O6S2Si/c1-37-34-44(55-56-46(37)54-49-61(36-65-32-33-70(10,11)12)40-21-14-15-22-42(40)68-49)60(28-17-13-16-27-58(7)29-30-59(8)50(63)67-51(2,3)4)48-53-45(47(62)64-9)43(69-48)23-19-31-66-41-25-24-38(35-39(41)52)20-18-26-57(5)6/h14-15,21-22,24-25,34-35H,13,16-17,19,23,26-33,36H2,1-12H3/b54-49-. The van der Waals surface area contributed by atoms with Crippen LogP contribution in [0.3, 0.4) is 0 Å². The van der Waals surface area contributed by atoms with Crippen LogP contribution in [0.4, 0.5) is 26.0 Å². The quantitative estimate of drug-likeness (QED) is 0.0252. The molecule has 1 amide bonds. The van der Waals surface area contributed by atoms with Crippen molar-refractivity contribution in [2.75, 3.05) is 86.1 Å². The minimum atomic E-state index is -1.27. The number of methoxy groups -OCH3 is 1. The number of nitrogens with zero attached hydrogens (tertiary/aromatic N) is 9. The summed E-state index contributed by atoms with van der Waals surface area (Å²) < 4.78 is 40.9. The molecule has 0 atom stereocenters. The van der Waals surface area contributed by atoms with Crippen LogP contribution >= 0.6 is 22.7 Å². The Labute approximate surface area is 422 Å². The number of thiazole rings is 2. The molecule has 0 N–H and O–H groups in total. The minimum Gasteiger partial charge on any atom is -0.491 e. The van der Waals surface area contributed by atoms with Gasteiger partial charge in [-0.3, -0.25) is 9.47 Å². The highest BCUT2D eigenvalue weighted by Crippen LogP contribution is 2.34. The van der Waals surface area contributed by atoms with E-state index < -0.39 is 25.5 Å². The number of carbonyl (C=O) groups is 2. The Bertz CT molecular complexity index is 2650. The Morgan fingerprint density at radius 3 is 2.37 bits per heavy atom. The van der Waals surface area contributed by atoms with Gasteiger partial charge in [-0.1, -0.05) is 61.4 Å². The van der Waals surface area contributed by atoms with E-state index >= 15 is 0 Å². The fourth-order valence-corrected chi connectivity index (χ4v) is 9.75. The summed E-state index contributed by atoms with van der Waals surface area (Å²) in [4.78, 5) is 44.8. The Morgan fingerprint density at radius 2 is 1.67 bits per heavy atom. The molecular weight excluding hydrogens is 946 g/mol. The zero-order valence-corrected chi connectivity index (χ0v) is 45.8. The first-order chi connectivity index (χ1) is 33.2. The van der Waals surface area contributed by atoms with Crippen LogP contribution in [0.15, 0.2) is 53.5 Å². The number of likely N-dealkylation sites (N-methyl/N-ethyl adjacent to an activating group) is 2. The first kappa shape index (κ1) is 55.7. The van der Waals surface area contributed by atoms with Crippen molar-refractivity contribution in [3.05, 3.63) is 80.8 Å². The second-order valence-electron chi connectivity index (χ2n) is 19.8. The molecule has 0 fully saturated rings. The number of carbonyl (C=O) groups excluding carboxylic acids is 2. The van der Waals surface area contributed by atoms with Crippen molar-refractivity contribution in [2.24, 2.45) is 4.99 Å². The monoisotopic (exact) mass is 1020 g/mol. The maximum atomic E-state index is 15.0. The van der Waals surface area contributed by atoms with Gasteiger partial charge in [-0.05, 0) is 129 Å². The van der Waals surface area contributed by atoms with Crippen LogP contribution in [0, 0.1) is 24.6 Å². The van der Waals surface area contributed by atoms with Crippen LogP contribution in [-0.2, 0) is 27.4 Å². The number of hydrogen-bond acceptors (Lipinski definition) is 15. The first-order valence-electron chi connectivity index (χ1n) is 23.8. The zero-order valence-electron chi connectivity index (χ0n) is 43.2. The van der Waals surface area contributed by atoms with Crippen LogP contribution in [0.2, 0.25) is 25.7 Å². The molecule has 19 heteroatoms. The third kappa shape index (κ3) is 17.6. The van der Waals surface area contributed by atoms with Gasteiger partial charge in [-0.15, -0.1) is 21.5 Å². The number of hydrogen-bond donors (Lipinski definition) is 0. The van der Waals surface area contributed by atoms with Crippen molar-refractivity contribution in [1.29, 1.82) is 0 Å². The number of anilines is 2. The topological polar surface area (TPSA) is 140 Å². The molecule has 70 heavy (non-hydrogen) atoms. The number of aromatic nitrogens is 4. The molecule has 0 bridgehead atoms. The zero-order chi connectivity index (χ0) is 51.0. The molecule has 3 aromatic heterocycles. The molecule has 380 valence electrons. The van der Waals surface area contributed by atoms with Gasteiger partial charge in [-0.25, -0.2) is 19.0 Å². The van der Waals surface area contributed by atoms with Gasteiger partial charge >= 0.3 is 12.1 Å². The van der Waals surface area contributed by atoms with E-state index in [1.54, 1.807) is 35.4 Å². The summed E-state index contributed by atoms with van der Waals surface area (Å²) in [6.07, 6.45) is 3.21. The number of ether oxygens (including phenoxy) is 4. The molecule has 15 nitrogen and oxygen atoms in total. The molecule has 0 aliphatic heterocycles. The van der Waals surface area contributed by atoms with Gasteiger partial charge in [0.15, 0.2) is 38.8 Å². The van der Waals surface area contributed by atoms with E-state index in [0.29, 0.717) is 74.7 Å². The number of para-hydroxylation sites is 1. The molecule has 2 aromatic carbocycles. The molecule has 0 saturated heterocycles. The molecule has 5 rings (SSSR count). The molecule has 0 aliphatic rings. The number of fused-ring (bicyclic) bond motifs is 1. The average Bonchev–Trinajstić information content (AvgIpc) is 3.87. The maximum Gasteiger partial charge on any atom is 0.410 e. The number of rotatable bonds is 24. The molecule has 3 heterocycles. The molecule has 0 unspecified atom stereocenters. The predicted octanol–water partition coefficient (Wildman–Crippen LogP) is 9.76. The second-order valence-corrected chi connectivity index (χ2v) is 27.5. The summed E-state index contributed by atoms with van der Waals surface area (Å²) in [5.41, 5.74) is 2.11. The first-order valence-corrected chi connectivity index (χ1v) is 29.1. The van der Waals surface area contributed by atoms with Crippen molar-refractivity contribution in [3.63, 3.8) is 0 Å². The van der Waals surface area contributed by atoms with E-state index in [-0.39, 0.29) is 24.1 Å². The highest BCUT2D eigenvalue weighted by Gasteiger charge is 2.25. The normalized spacial score (nSPS) is 12.1. The largest absolute Gasteiger partial charge is 0.491 e. The summed E-state index contributed by atoms with van der Waals surface area (Å²) in [5, 5.41) is 10.00. The van der Waals surface area contributed by atoms with Gasteiger partial charge in [0.05, 0.1) is 30.5 Å². The van der Waals surface area contributed by atoms with Gasteiger partial charge in [0.2, 0.25) is 0 Å². The fourth-order valence-electron chi connectivity index (χ4n) is 6.85. The summed E-state index contributed by atoms with van der Waals surface area (Å²) in [7, 11) is 7.73. The van der Waals surface area contributed by atoms with E-state index in [4.69, 9.17) is 34.0 Å². The third-order valence-electron chi connectivity index (χ3n) is 10.8. The Kier molecular flexibility index (Phi) is 20.9. The van der Waals surface area contributed by atoms with Crippen LogP contribution in [0.5, 0.6) is 5.75 Å². The van der Waals surface area contributed by atoms with Crippen molar-refractivity contribution in [3.8, 4) is 17.6 Å². The lowest BCUT2D eigenvalue weighted by Crippen LogP contribution is -2.38. The summed E-state index contributed by atoms with van der Waals surface area (Å²) in [5.74, 6) is 6.16. The lowest BCUT2D eigenvalue weighted by molar-refractivity contribution is 0.0286. The number of amides is 1. The van der Waals surface area contributed by atoms with Crippen LogP contribution in [0.25, 0.3) is 10.2 Å². The summed E-state index contributed by atoms with van der Waals surface area (Å²) in [6, 6.07) is 15.9. The van der Waals surface area contributed by atoms with Gasteiger partial charge in [0.1, 0.15) is 12.3 Å². The van der Waals surface area contributed by atoms with E-state index in [1.807, 2.05) is 69.8 Å². The third-order valence-corrected chi connectivity index (χ3v) is 14.7. The van der Waals surface area contributed by atoms with E-state index in [2.05, 4.69) is 65.2 Å². The van der Waals surface area contributed by atoms with Gasteiger partial charge < -0.3 is 33.6 Å². The summed E-state index contributed by atoms with van der Waals surface area (Å²) in [6.45, 7) is 19.1. The average molecular weight is 1020 g/mol. The highest BCUT2D eigenvalue weighted by molar-refractivity contribution is 7.16. The van der Waals surface area contributed by atoms with Gasteiger partial charge in [-0.2, -0.15) is 4.99 Å². The number of aryl methyl sites for hydroxylation is 2. The fraction of sp³-hybridized carbons (Fsp3) is 0.529. The van der Waals surface area contributed by atoms with Gasteiger partial charge in [0, 0.05) is 51.8 Å². The Morgan fingerprint density at radius 1 is 0.914 bits per heavy atom. The number of esters is 1. The van der Waals surface area contributed by atoms with Crippen molar-refractivity contribution < 1.29 is 32.9 Å². The number of unbranched alkanes of at least 4 members (excludes halogenated alkanes) is 2. The maximum absolute atomic E-state index is 15.0. The van der Waals surface area contributed by atoms with E-state index in [9.17, 15) is 14.0 Å². The summed E-state index contributed by atoms with van der Waals surface area (Å²) >= 11 is 2.97. The van der Waals surface area contributed by atoms with Crippen LogP contribution in [-0.4, -0.2) is 141 Å². The molecule has 0 saturated carbocycles. The van der Waals surface area contributed by atoms with Crippen LogP contribution in [0.1, 0.15) is 72.9 Å². The Hall–Kier alpha value is -5.23. The van der Waals surface area contributed by atoms with Crippen molar-refractivity contribution in [1.82, 2.24) is 34.4 Å². The second kappa shape index (κ2) is 26.3.